The molecule has 1 aromatic carbocycles. The zero-order valence-electron chi connectivity index (χ0n) is 16.4. The molecule has 0 N–H and O–H groups in total. The highest BCUT2D eigenvalue weighted by Gasteiger charge is 2.16. The number of pyridine rings is 1. The Morgan fingerprint density at radius 2 is 1.64 bits per heavy atom. The van der Waals surface area contributed by atoms with Gasteiger partial charge in [-0.15, -0.1) is 0 Å². The van der Waals surface area contributed by atoms with Crippen molar-refractivity contribution >= 4 is 0 Å². The van der Waals surface area contributed by atoms with Crippen molar-refractivity contribution in [1.29, 1.82) is 0 Å². The molecule has 0 aliphatic heterocycles. The van der Waals surface area contributed by atoms with Crippen LogP contribution in [0.5, 0.6) is 17.4 Å². The van der Waals surface area contributed by atoms with E-state index in [0.717, 1.165) is 40.3 Å². The smallest absolute Gasteiger partial charge is 0.226 e. The maximum absolute atomic E-state index is 6.20. The van der Waals surface area contributed by atoms with Crippen molar-refractivity contribution in [1.82, 2.24) is 4.98 Å². The Hall–Kier alpha value is -2.07. The van der Waals surface area contributed by atoms with E-state index in [-0.39, 0.29) is 6.10 Å². The second-order valence-corrected chi connectivity index (χ2v) is 6.63. The molecule has 0 fully saturated rings. The van der Waals surface area contributed by atoms with Crippen LogP contribution in [-0.4, -0.2) is 24.8 Å². The Morgan fingerprint density at radius 3 is 2.20 bits per heavy atom. The Morgan fingerprint density at radius 1 is 1.00 bits per heavy atom. The van der Waals surface area contributed by atoms with Gasteiger partial charge in [0, 0.05) is 18.9 Å². The first-order chi connectivity index (χ1) is 11.8. The minimum absolute atomic E-state index is 0.0150. The van der Waals surface area contributed by atoms with Gasteiger partial charge in [0.25, 0.3) is 0 Å². The summed E-state index contributed by atoms with van der Waals surface area (Å²) in [5.41, 5.74) is 5.21. The first kappa shape index (κ1) is 19.3. The number of hydrogen-bond acceptors (Lipinski definition) is 4. The Balaban J connectivity index is 2.36. The largest absolute Gasteiger partial charge is 0.487 e. The van der Waals surface area contributed by atoms with Gasteiger partial charge in [-0.2, -0.15) is 0 Å². The summed E-state index contributed by atoms with van der Waals surface area (Å²) in [5.74, 6) is 2.26. The molecule has 25 heavy (non-hydrogen) atoms. The second kappa shape index (κ2) is 8.34. The fourth-order valence-corrected chi connectivity index (χ4v) is 2.93. The van der Waals surface area contributed by atoms with E-state index in [4.69, 9.17) is 14.2 Å². The van der Waals surface area contributed by atoms with Crippen molar-refractivity contribution in [3.05, 3.63) is 46.1 Å². The average Bonchev–Trinajstić information content (AvgIpc) is 2.54. The highest BCUT2D eigenvalue weighted by Crippen LogP contribution is 2.34. The molecule has 0 saturated heterocycles. The van der Waals surface area contributed by atoms with Gasteiger partial charge in [0.15, 0.2) is 0 Å². The summed E-state index contributed by atoms with van der Waals surface area (Å²) in [7, 11) is 1.69. The van der Waals surface area contributed by atoms with Gasteiger partial charge < -0.3 is 14.2 Å². The highest BCUT2D eigenvalue weighted by molar-refractivity contribution is 5.48. The van der Waals surface area contributed by atoms with Gasteiger partial charge in [-0.25, -0.2) is 4.98 Å². The van der Waals surface area contributed by atoms with Crippen molar-refractivity contribution in [2.45, 2.75) is 54.1 Å². The topological polar surface area (TPSA) is 40.6 Å². The maximum Gasteiger partial charge on any atom is 0.226 e. The van der Waals surface area contributed by atoms with Gasteiger partial charge in [0.05, 0.1) is 12.2 Å². The van der Waals surface area contributed by atoms with Crippen LogP contribution in [0.4, 0.5) is 0 Å². The van der Waals surface area contributed by atoms with Gasteiger partial charge in [-0.3, -0.25) is 0 Å². The number of methoxy groups -OCH3 is 1. The molecule has 0 aliphatic carbocycles. The predicted octanol–water partition coefficient (Wildman–Crippen LogP) is 5.22. The van der Waals surface area contributed by atoms with Crippen molar-refractivity contribution in [2.24, 2.45) is 0 Å². The first-order valence-electron chi connectivity index (χ1n) is 8.75. The quantitative estimate of drug-likeness (QED) is 0.691. The molecule has 1 unspecified atom stereocenters. The van der Waals surface area contributed by atoms with E-state index in [2.05, 4.69) is 44.8 Å². The van der Waals surface area contributed by atoms with E-state index in [1.165, 1.54) is 5.56 Å². The lowest BCUT2D eigenvalue weighted by molar-refractivity contribution is 0.0780. The summed E-state index contributed by atoms with van der Waals surface area (Å²) in [6.07, 6.45) is 0.891. The van der Waals surface area contributed by atoms with E-state index in [1.54, 1.807) is 7.11 Å². The van der Waals surface area contributed by atoms with Crippen molar-refractivity contribution < 1.29 is 14.2 Å². The summed E-state index contributed by atoms with van der Waals surface area (Å²) >= 11 is 0. The van der Waals surface area contributed by atoms with Crippen molar-refractivity contribution in [2.75, 3.05) is 13.7 Å². The summed E-state index contributed by atoms with van der Waals surface area (Å²) in [5, 5.41) is 0. The molecular formula is C21H29NO3. The van der Waals surface area contributed by atoms with Crippen LogP contribution in [0.3, 0.4) is 0 Å². The molecule has 1 atom stereocenters. The van der Waals surface area contributed by atoms with E-state index >= 15 is 0 Å². The summed E-state index contributed by atoms with van der Waals surface area (Å²) in [6, 6.07) is 6.20. The lowest BCUT2D eigenvalue weighted by atomic mass is 10.1. The number of ether oxygens (including phenoxy) is 3. The molecule has 4 nitrogen and oxygen atoms in total. The third-order valence-corrected chi connectivity index (χ3v) is 4.21. The molecule has 2 aromatic rings. The van der Waals surface area contributed by atoms with E-state index in [1.807, 2.05) is 19.9 Å². The molecule has 1 aromatic heterocycles. The van der Waals surface area contributed by atoms with E-state index < -0.39 is 0 Å². The van der Waals surface area contributed by atoms with Crippen molar-refractivity contribution in [3.63, 3.8) is 0 Å². The van der Waals surface area contributed by atoms with Crippen LogP contribution < -0.4 is 9.47 Å². The van der Waals surface area contributed by atoms with Gasteiger partial charge in [-0.05, 0) is 52.2 Å². The number of aromatic nitrogens is 1. The SMILES string of the molecule is CCC(COC)Oc1cc(C)nc(Oc2c(C)cc(C)cc2C)c1C. The second-order valence-electron chi connectivity index (χ2n) is 6.63. The molecule has 4 heteroatoms. The summed E-state index contributed by atoms with van der Waals surface area (Å²) < 4.78 is 17.6. The number of hydrogen-bond donors (Lipinski definition) is 0. The number of aryl methyl sites for hydroxylation is 4. The minimum Gasteiger partial charge on any atom is -0.487 e. The maximum atomic E-state index is 6.20. The molecule has 0 saturated carbocycles. The Bertz CT molecular complexity index is 717. The van der Waals surface area contributed by atoms with Crippen LogP contribution in [0.2, 0.25) is 0 Å². The van der Waals surface area contributed by atoms with E-state index in [0.29, 0.717) is 12.5 Å². The predicted molar refractivity (Wildman–Crippen MR) is 101 cm³/mol. The molecule has 0 aliphatic rings. The van der Waals surface area contributed by atoms with Crippen LogP contribution in [0.15, 0.2) is 18.2 Å². The van der Waals surface area contributed by atoms with Gasteiger partial charge >= 0.3 is 0 Å². The molecule has 2 rings (SSSR count). The fourth-order valence-electron chi connectivity index (χ4n) is 2.93. The van der Waals surface area contributed by atoms with Crippen LogP contribution in [0.1, 0.15) is 41.3 Å². The summed E-state index contributed by atoms with van der Waals surface area (Å²) in [4.78, 5) is 4.58. The molecule has 0 radical (unpaired) electrons. The third-order valence-electron chi connectivity index (χ3n) is 4.21. The Labute approximate surface area is 151 Å². The zero-order valence-corrected chi connectivity index (χ0v) is 16.4. The molecule has 0 amide bonds. The number of nitrogens with zero attached hydrogens (tertiary/aromatic N) is 1. The average molecular weight is 343 g/mol. The van der Waals surface area contributed by atoms with Gasteiger partial charge in [-0.1, -0.05) is 24.6 Å². The van der Waals surface area contributed by atoms with Crippen LogP contribution in [-0.2, 0) is 4.74 Å². The highest BCUT2D eigenvalue weighted by atomic mass is 16.5. The van der Waals surface area contributed by atoms with Crippen LogP contribution in [0, 0.1) is 34.6 Å². The molecule has 1 heterocycles. The number of benzene rings is 1. The van der Waals surface area contributed by atoms with Gasteiger partial charge in [0.1, 0.15) is 17.6 Å². The van der Waals surface area contributed by atoms with Crippen molar-refractivity contribution in [3.8, 4) is 17.4 Å². The van der Waals surface area contributed by atoms with Gasteiger partial charge in [0.2, 0.25) is 5.88 Å². The third kappa shape index (κ3) is 4.73. The standard InChI is InChI=1S/C21H29NO3/c1-8-18(12-23-7)24-19-11-16(5)22-21(17(19)6)25-20-14(3)9-13(2)10-15(20)4/h9-11,18H,8,12H2,1-7H3. The number of rotatable bonds is 7. The monoisotopic (exact) mass is 343 g/mol. The minimum atomic E-state index is 0.0150. The zero-order chi connectivity index (χ0) is 18.6. The van der Waals surface area contributed by atoms with E-state index in [9.17, 15) is 0 Å². The van der Waals surface area contributed by atoms with Crippen LogP contribution >= 0.6 is 0 Å². The molecule has 0 spiro atoms. The first-order valence-corrected chi connectivity index (χ1v) is 8.75. The Kier molecular flexibility index (Phi) is 6.43. The lowest BCUT2D eigenvalue weighted by Crippen LogP contribution is -2.22. The molecule has 0 bridgehead atoms. The normalized spacial score (nSPS) is 12.1. The molecule has 136 valence electrons. The lowest BCUT2D eigenvalue weighted by Gasteiger charge is -2.20. The molecular weight excluding hydrogens is 314 g/mol. The summed E-state index contributed by atoms with van der Waals surface area (Å²) in [6.45, 7) is 12.8. The fraction of sp³-hybridized carbons (Fsp3) is 0.476. The van der Waals surface area contributed by atoms with Crippen LogP contribution in [0.25, 0.3) is 0 Å².